The van der Waals surface area contributed by atoms with Crippen LogP contribution in [-0.4, -0.2) is 18.1 Å². The van der Waals surface area contributed by atoms with E-state index in [4.69, 9.17) is 0 Å². The molecule has 0 radical (unpaired) electrons. The van der Waals surface area contributed by atoms with Crippen molar-refractivity contribution in [1.29, 1.82) is 0 Å². The van der Waals surface area contributed by atoms with Gasteiger partial charge in [0.15, 0.2) is 0 Å². The molecular formula is C11H14F3NO. The topological polar surface area (TPSA) is 29.1 Å². The van der Waals surface area contributed by atoms with Crippen LogP contribution in [-0.2, 0) is 4.79 Å². The number of amides is 1. The van der Waals surface area contributed by atoms with Crippen LogP contribution in [0.5, 0.6) is 0 Å². The van der Waals surface area contributed by atoms with E-state index in [0.29, 0.717) is 0 Å². The number of hydrogen-bond acceptors (Lipinski definition) is 1. The van der Waals surface area contributed by atoms with Gasteiger partial charge in [0.25, 0.3) is 0 Å². The van der Waals surface area contributed by atoms with Crippen LogP contribution < -0.4 is 5.32 Å². The standard InChI is InChI=1S/C11H14F3NO/c1-3-5-10(6-4-2)7-8(11(12,13)14)15-9(10)16/h3-4,8H,1-2,5-7H2,(H,15,16). The molecule has 1 atom stereocenters. The maximum atomic E-state index is 12.5. The van der Waals surface area contributed by atoms with Gasteiger partial charge in [-0.3, -0.25) is 4.79 Å². The summed E-state index contributed by atoms with van der Waals surface area (Å²) < 4.78 is 37.5. The summed E-state index contributed by atoms with van der Waals surface area (Å²) in [6.07, 6.45) is -1.22. The van der Waals surface area contributed by atoms with Gasteiger partial charge in [-0.05, 0) is 19.3 Å². The van der Waals surface area contributed by atoms with Gasteiger partial charge in [-0.15, -0.1) is 13.2 Å². The molecule has 0 aromatic heterocycles. The lowest BCUT2D eigenvalue weighted by atomic mass is 9.78. The molecule has 1 rings (SSSR count). The third kappa shape index (κ3) is 2.28. The fourth-order valence-electron chi connectivity index (χ4n) is 2.03. The molecule has 0 bridgehead atoms. The van der Waals surface area contributed by atoms with Crippen LogP contribution in [0.1, 0.15) is 19.3 Å². The molecule has 2 nitrogen and oxygen atoms in total. The van der Waals surface area contributed by atoms with Gasteiger partial charge >= 0.3 is 6.18 Å². The first-order valence-electron chi connectivity index (χ1n) is 4.95. The van der Waals surface area contributed by atoms with E-state index < -0.39 is 23.5 Å². The normalized spacial score (nSPS) is 23.9. The van der Waals surface area contributed by atoms with Crippen molar-refractivity contribution >= 4 is 5.91 Å². The van der Waals surface area contributed by atoms with Crippen molar-refractivity contribution < 1.29 is 18.0 Å². The number of allylic oxidation sites excluding steroid dienone is 2. The van der Waals surface area contributed by atoms with Crippen LogP contribution in [0.2, 0.25) is 0 Å². The minimum atomic E-state index is -4.39. The van der Waals surface area contributed by atoms with Crippen molar-refractivity contribution in [3.63, 3.8) is 0 Å². The summed E-state index contributed by atoms with van der Waals surface area (Å²) in [6.45, 7) is 6.96. The molecule has 1 aliphatic rings. The molecule has 1 saturated heterocycles. The Bertz CT molecular complexity index is 299. The predicted molar refractivity (Wildman–Crippen MR) is 54.7 cm³/mol. The molecule has 0 aromatic carbocycles. The number of alkyl halides is 3. The Hall–Kier alpha value is -1.26. The summed E-state index contributed by atoms with van der Waals surface area (Å²) in [5.74, 6) is -0.561. The van der Waals surface area contributed by atoms with Crippen LogP contribution in [0.25, 0.3) is 0 Å². The monoisotopic (exact) mass is 233 g/mol. The molecular weight excluding hydrogens is 219 g/mol. The Morgan fingerprint density at radius 3 is 2.19 bits per heavy atom. The van der Waals surface area contributed by atoms with Crippen molar-refractivity contribution in [2.45, 2.75) is 31.5 Å². The summed E-state index contributed by atoms with van der Waals surface area (Å²) in [5.41, 5.74) is -1.02. The second-order valence-corrected chi connectivity index (χ2v) is 4.04. The van der Waals surface area contributed by atoms with Crippen LogP contribution in [0.15, 0.2) is 25.3 Å². The molecule has 1 heterocycles. The summed E-state index contributed by atoms with van der Waals surface area (Å²) in [6, 6.07) is -1.75. The highest BCUT2D eigenvalue weighted by atomic mass is 19.4. The average molecular weight is 233 g/mol. The van der Waals surface area contributed by atoms with Gasteiger partial charge in [-0.2, -0.15) is 13.2 Å². The molecule has 0 aromatic rings. The molecule has 1 amide bonds. The Balaban J connectivity index is 2.91. The molecule has 1 aliphatic heterocycles. The SMILES string of the molecule is C=CCC1(CC=C)CC(C(F)(F)F)NC1=O. The van der Waals surface area contributed by atoms with Crippen molar-refractivity contribution in [2.24, 2.45) is 5.41 Å². The number of carbonyl (C=O) groups is 1. The van der Waals surface area contributed by atoms with Gasteiger partial charge < -0.3 is 5.32 Å². The maximum absolute atomic E-state index is 12.5. The fourth-order valence-corrected chi connectivity index (χ4v) is 2.03. The summed E-state index contributed by atoms with van der Waals surface area (Å²) in [5, 5.41) is 1.99. The average Bonchev–Trinajstić information content (AvgIpc) is 2.45. The molecule has 0 aliphatic carbocycles. The first-order valence-corrected chi connectivity index (χ1v) is 4.95. The zero-order chi connectivity index (χ0) is 12.4. The largest absolute Gasteiger partial charge is 0.408 e. The maximum Gasteiger partial charge on any atom is 0.408 e. The summed E-state index contributed by atoms with van der Waals surface area (Å²) in [4.78, 5) is 11.6. The van der Waals surface area contributed by atoms with E-state index >= 15 is 0 Å². The van der Waals surface area contributed by atoms with E-state index in [1.807, 2.05) is 5.32 Å². The van der Waals surface area contributed by atoms with Gasteiger partial charge in [0.1, 0.15) is 6.04 Å². The molecule has 5 heteroatoms. The van der Waals surface area contributed by atoms with Gasteiger partial charge in [0, 0.05) is 0 Å². The Morgan fingerprint density at radius 2 is 1.88 bits per heavy atom. The van der Waals surface area contributed by atoms with Gasteiger partial charge in [0.2, 0.25) is 5.91 Å². The second kappa shape index (κ2) is 4.31. The molecule has 1 unspecified atom stereocenters. The number of carbonyl (C=O) groups excluding carboxylic acids is 1. The highest BCUT2D eigenvalue weighted by Crippen LogP contribution is 2.42. The predicted octanol–water partition coefficient (Wildman–Crippen LogP) is 2.58. The van der Waals surface area contributed by atoms with Crippen molar-refractivity contribution in [3.05, 3.63) is 25.3 Å². The number of rotatable bonds is 4. The quantitative estimate of drug-likeness (QED) is 0.743. The smallest absolute Gasteiger partial charge is 0.344 e. The lowest BCUT2D eigenvalue weighted by Crippen LogP contribution is -2.39. The van der Waals surface area contributed by atoms with Gasteiger partial charge in [0.05, 0.1) is 5.41 Å². The molecule has 90 valence electrons. The molecule has 1 fully saturated rings. The first-order chi connectivity index (χ1) is 7.35. The zero-order valence-electron chi connectivity index (χ0n) is 8.81. The number of nitrogens with one attached hydrogen (secondary N) is 1. The van der Waals surface area contributed by atoms with E-state index in [0.717, 1.165) is 0 Å². The Morgan fingerprint density at radius 1 is 1.38 bits per heavy atom. The van der Waals surface area contributed by atoms with Gasteiger partial charge in [-0.25, -0.2) is 0 Å². The number of hydrogen-bond donors (Lipinski definition) is 1. The van der Waals surface area contributed by atoms with Gasteiger partial charge in [-0.1, -0.05) is 12.2 Å². The second-order valence-electron chi connectivity index (χ2n) is 4.04. The van der Waals surface area contributed by atoms with Crippen LogP contribution in [0, 0.1) is 5.41 Å². The summed E-state index contributed by atoms with van der Waals surface area (Å²) in [7, 11) is 0. The van der Waals surface area contributed by atoms with Crippen molar-refractivity contribution in [1.82, 2.24) is 5.32 Å². The Kier molecular flexibility index (Phi) is 3.45. The molecule has 0 saturated carbocycles. The van der Waals surface area contributed by atoms with Crippen molar-refractivity contribution in [3.8, 4) is 0 Å². The minimum Gasteiger partial charge on any atom is -0.344 e. The first kappa shape index (κ1) is 12.8. The highest BCUT2D eigenvalue weighted by molar-refractivity contribution is 5.85. The van der Waals surface area contributed by atoms with Crippen molar-refractivity contribution in [2.75, 3.05) is 0 Å². The van der Waals surface area contributed by atoms with E-state index in [-0.39, 0.29) is 19.3 Å². The van der Waals surface area contributed by atoms with E-state index in [1.165, 1.54) is 12.2 Å². The third-order valence-electron chi connectivity index (χ3n) is 2.85. The zero-order valence-corrected chi connectivity index (χ0v) is 8.81. The fraction of sp³-hybridized carbons (Fsp3) is 0.545. The number of halogens is 3. The molecule has 0 spiro atoms. The highest BCUT2D eigenvalue weighted by Gasteiger charge is 2.54. The Labute approximate surface area is 92.2 Å². The summed E-state index contributed by atoms with van der Waals surface area (Å²) >= 11 is 0. The third-order valence-corrected chi connectivity index (χ3v) is 2.85. The van der Waals surface area contributed by atoms with Crippen LogP contribution in [0.3, 0.4) is 0 Å². The minimum absolute atomic E-state index is 0.234. The van der Waals surface area contributed by atoms with Crippen LogP contribution in [0.4, 0.5) is 13.2 Å². The van der Waals surface area contributed by atoms with E-state index in [2.05, 4.69) is 13.2 Å². The van der Waals surface area contributed by atoms with E-state index in [9.17, 15) is 18.0 Å². The lowest BCUT2D eigenvalue weighted by Gasteiger charge is -2.23. The van der Waals surface area contributed by atoms with Crippen LogP contribution >= 0.6 is 0 Å². The molecule has 16 heavy (non-hydrogen) atoms. The van der Waals surface area contributed by atoms with E-state index in [1.54, 1.807) is 0 Å². The molecule has 1 N–H and O–H groups in total. The lowest BCUT2D eigenvalue weighted by molar-refractivity contribution is -0.155.